The van der Waals surface area contributed by atoms with Gasteiger partial charge < -0.3 is 5.11 Å². The minimum absolute atomic E-state index is 0.570. The van der Waals surface area contributed by atoms with Crippen molar-refractivity contribution in [1.82, 2.24) is 0 Å². The van der Waals surface area contributed by atoms with E-state index in [0.29, 0.717) is 0 Å². The van der Waals surface area contributed by atoms with Gasteiger partial charge in [0.05, 0.1) is 6.10 Å². The van der Waals surface area contributed by atoms with Crippen molar-refractivity contribution in [2.45, 2.75) is 26.9 Å². The third kappa shape index (κ3) is 3.89. The van der Waals surface area contributed by atoms with E-state index >= 15 is 0 Å². The van der Waals surface area contributed by atoms with Crippen LogP contribution in [0.15, 0.2) is 78.9 Å². The molecule has 0 saturated heterocycles. The Morgan fingerprint density at radius 3 is 1.56 bits per heavy atom. The smallest absolute Gasteiger partial charge is 0.0773 e. The molecule has 25 heavy (non-hydrogen) atoms. The van der Waals surface area contributed by atoms with Crippen molar-refractivity contribution in [3.8, 4) is 0 Å². The summed E-state index contributed by atoms with van der Waals surface area (Å²) in [5.74, 6) is 0. The third-order valence-corrected chi connectivity index (χ3v) is 4.45. The van der Waals surface area contributed by atoms with Gasteiger partial charge in [0.25, 0.3) is 0 Å². The Kier molecular flexibility index (Phi) is 5.16. The predicted octanol–water partition coefficient (Wildman–Crippen LogP) is 5.64. The predicted molar refractivity (Wildman–Crippen MR) is 106 cm³/mol. The summed E-state index contributed by atoms with van der Waals surface area (Å²) in [6.07, 6.45) is -0.570. The summed E-state index contributed by atoms with van der Waals surface area (Å²) in [5.41, 5.74) is 7.76. The summed E-state index contributed by atoms with van der Waals surface area (Å²) in [5, 5.41) is 10.6. The Morgan fingerprint density at radius 2 is 1.08 bits per heavy atom. The zero-order chi connectivity index (χ0) is 17.8. The summed E-state index contributed by atoms with van der Waals surface area (Å²) in [4.78, 5) is 0. The van der Waals surface area contributed by atoms with Crippen LogP contribution >= 0.6 is 0 Å². The summed E-state index contributed by atoms with van der Waals surface area (Å²) in [7, 11) is 0. The molecular weight excluding hydrogens is 304 g/mol. The number of hydrogen-bond donors (Lipinski definition) is 1. The van der Waals surface area contributed by atoms with E-state index in [1.165, 1.54) is 11.1 Å². The average Bonchev–Trinajstić information content (AvgIpc) is 2.62. The lowest BCUT2D eigenvalue weighted by Crippen LogP contribution is -2.08. The van der Waals surface area contributed by atoms with E-state index in [1.54, 1.807) is 0 Å². The van der Waals surface area contributed by atoms with Crippen LogP contribution in [0.3, 0.4) is 0 Å². The van der Waals surface area contributed by atoms with Crippen molar-refractivity contribution >= 4 is 11.1 Å². The zero-order valence-corrected chi connectivity index (χ0v) is 15.0. The van der Waals surface area contributed by atoms with E-state index in [0.717, 1.165) is 27.8 Å². The standard InChI is InChI=1S/C24H24O/c1-17-9-13-21(14-10-17)23(19(3)25)24(20-7-5-4-6-8-20)22-15-11-18(2)12-16-22/h4-16,19,25H,1-3H3/b24-23+. The lowest BCUT2D eigenvalue weighted by Gasteiger charge is -2.20. The van der Waals surface area contributed by atoms with Gasteiger partial charge in [0, 0.05) is 0 Å². The van der Waals surface area contributed by atoms with E-state index in [1.807, 2.05) is 25.1 Å². The molecule has 0 aromatic heterocycles. The molecule has 0 saturated carbocycles. The van der Waals surface area contributed by atoms with Crippen molar-refractivity contribution in [2.24, 2.45) is 0 Å². The highest BCUT2D eigenvalue weighted by Crippen LogP contribution is 2.34. The maximum absolute atomic E-state index is 10.6. The van der Waals surface area contributed by atoms with Crippen molar-refractivity contribution in [3.63, 3.8) is 0 Å². The Balaban J connectivity index is 2.30. The Hall–Kier alpha value is -2.64. The molecule has 3 rings (SSSR count). The summed E-state index contributed by atoms with van der Waals surface area (Å²) in [6, 6.07) is 27.2. The largest absolute Gasteiger partial charge is 0.389 e. The minimum Gasteiger partial charge on any atom is -0.389 e. The first-order valence-electron chi connectivity index (χ1n) is 8.68. The van der Waals surface area contributed by atoms with Crippen LogP contribution in [0.2, 0.25) is 0 Å². The normalized spacial score (nSPS) is 13.3. The first kappa shape index (κ1) is 17.2. The Bertz CT molecular complexity index is 854. The lowest BCUT2D eigenvalue weighted by atomic mass is 9.86. The molecular formula is C24H24O. The number of rotatable bonds is 4. The topological polar surface area (TPSA) is 20.2 Å². The first-order valence-corrected chi connectivity index (χ1v) is 8.68. The fraction of sp³-hybridized carbons (Fsp3) is 0.167. The van der Waals surface area contributed by atoms with Gasteiger partial charge in [-0.25, -0.2) is 0 Å². The molecule has 0 aliphatic rings. The number of benzene rings is 3. The molecule has 0 radical (unpaired) electrons. The van der Waals surface area contributed by atoms with Gasteiger partial charge in [-0.05, 0) is 48.6 Å². The SMILES string of the molecule is Cc1ccc(/C(=C(/c2ccc(C)cc2)C(C)O)c2ccccc2)cc1. The fourth-order valence-electron chi connectivity index (χ4n) is 3.13. The van der Waals surface area contributed by atoms with Crippen molar-refractivity contribution in [1.29, 1.82) is 0 Å². The number of hydrogen-bond acceptors (Lipinski definition) is 1. The van der Waals surface area contributed by atoms with Crippen LogP contribution in [0.1, 0.15) is 34.7 Å². The van der Waals surface area contributed by atoms with E-state index < -0.39 is 6.10 Å². The molecule has 0 bridgehead atoms. The molecule has 3 aromatic carbocycles. The number of aliphatic hydroxyl groups excluding tert-OH is 1. The van der Waals surface area contributed by atoms with Gasteiger partial charge >= 0.3 is 0 Å². The van der Waals surface area contributed by atoms with E-state index in [2.05, 4.69) is 74.5 Å². The molecule has 0 aliphatic heterocycles. The highest BCUT2D eigenvalue weighted by molar-refractivity contribution is 5.99. The molecule has 3 aromatic rings. The molecule has 1 unspecified atom stereocenters. The summed E-state index contributed by atoms with van der Waals surface area (Å²) >= 11 is 0. The number of aryl methyl sites for hydroxylation is 2. The molecule has 0 heterocycles. The van der Waals surface area contributed by atoms with E-state index in [-0.39, 0.29) is 0 Å². The van der Waals surface area contributed by atoms with Crippen LogP contribution in [0.25, 0.3) is 11.1 Å². The van der Waals surface area contributed by atoms with Gasteiger partial charge in [-0.1, -0.05) is 90.0 Å². The first-order chi connectivity index (χ1) is 12.1. The summed E-state index contributed by atoms with van der Waals surface area (Å²) < 4.78 is 0. The highest BCUT2D eigenvalue weighted by atomic mass is 16.3. The van der Waals surface area contributed by atoms with Gasteiger partial charge in [-0.3, -0.25) is 0 Å². The van der Waals surface area contributed by atoms with Gasteiger partial charge in [-0.15, -0.1) is 0 Å². The lowest BCUT2D eigenvalue weighted by molar-refractivity contribution is 0.253. The molecule has 0 aliphatic carbocycles. The number of aliphatic hydroxyl groups is 1. The molecule has 126 valence electrons. The van der Waals surface area contributed by atoms with Crippen LogP contribution in [0.4, 0.5) is 0 Å². The van der Waals surface area contributed by atoms with Crippen molar-refractivity contribution < 1.29 is 5.11 Å². The molecule has 1 N–H and O–H groups in total. The second kappa shape index (κ2) is 7.50. The maximum atomic E-state index is 10.6. The van der Waals surface area contributed by atoms with Gasteiger partial charge in [-0.2, -0.15) is 0 Å². The van der Waals surface area contributed by atoms with E-state index in [9.17, 15) is 5.11 Å². The molecule has 1 heteroatoms. The quantitative estimate of drug-likeness (QED) is 0.614. The van der Waals surface area contributed by atoms with Crippen molar-refractivity contribution in [2.75, 3.05) is 0 Å². The highest BCUT2D eigenvalue weighted by Gasteiger charge is 2.17. The van der Waals surface area contributed by atoms with Gasteiger partial charge in [0.2, 0.25) is 0 Å². The second-order valence-electron chi connectivity index (χ2n) is 6.56. The maximum Gasteiger partial charge on any atom is 0.0773 e. The Morgan fingerprint density at radius 1 is 0.640 bits per heavy atom. The van der Waals surface area contributed by atoms with Crippen molar-refractivity contribution in [3.05, 3.63) is 107 Å². The second-order valence-corrected chi connectivity index (χ2v) is 6.56. The van der Waals surface area contributed by atoms with Gasteiger partial charge in [0.15, 0.2) is 0 Å². The molecule has 1 atom stereocenters. The van der Waals surface area contributed by atoms with Crippen LogP contribution in [0, 0.1) is 13.8 Å². The average molecular weight is 328 g/mol. The molecule has 0 amide bonds. The third-order valence-electron chi connectivity index (χ3n) is 4.45. The van der Waals surface area contributed by atoms with Crippen LogP contribution in [-0.4, -0.2) is 11.2 Å². The molecule has 0 fully saturated rings. The zero-order valence-electron chi connectivity index (χ0n) is 15.0. The minimum atomic E-state index is -0.570. The van der Waals surface area contributed by atoms with Crippen LogP contribution < -0.4 is 0 Å². The van der Waals surface area contributed by atoms with Crippen LogP contribution in [0.5, 0.6) is 0 Å². The van der Waals surface area contributed by atoms with E-state index in [4.69, 9.17) is 0 Å². The summed E-state index contributed by atoms with van der Waals surface area (Å²) in [6.45, 7) is 6.01. The van der Waals surface area contributed by atoms with Gasteiger partial charge in [0.1, 0.15) is 0 Å². The molecule has 0 spiro atoms. The fourth-order valence-corrected chi connectivity index (χ4v) is 3.13. The monoisotopic (exact) mass is 328 g/mol. The Labute approximate surface area is 150 Å². The molecule has 1 nitrogen and oxygen atoms in total. The van der Waals surface area contributed by atoms with Crippen LogP contribution in [-0.2, 0) is 0 Å².